The van der Waals surface area contributed by atoms with Crippen molar-refractivity contribution in [3.63, 3.8) is 0 Å². The molecule has 0 nitrogen and oxygen atoms in total. The lowest BCUT2D eigenvalue weighted by Crippen LogP contribution is -2.00. The van der Waals surface area contributed by atoms with E-state index in [-0.39, 0.29) is 11.7 Å². The zero-order valence-electron chi connectivity index (χ0n) is 16.0. The largest absolute Gasteiger partial charge is 0.206 e. The number of hydrogen-bond acceptors (Lipinski definition) is 0. The van der Waals surface area contributed by atoms with E-state index in [2.05, 4.69) is 50.3 Å². The highest BCUT2D eigenvalue weighted by Gasteiger charge is 2.14. The topological polar surface area (TPSA) is 0 Å². The average molecular weight is 349 g/mol. The molecule has 0 radical (unpaired) electrons. The van der Waals surface area contributed by atoms with Crippen LogP contribution in [0.1, 0.15) is 63.0 Å². The highest BCUT2D eigenvalue weighted by atomic mass is 19.1. The Labute approximate surface area is 157 Å². The van der Waals surface area contributed by atoms with Gasteiger partial charge in [-0.25, -0.2) is 4.39 Å². The van der Waals surface area contributed by atoms with Crippen molar-refractivity contribution in [3.8, 4) is 11.1 Å². The summed E-state index contributed by atoms with van der Waals surface area (Å²) in [6.45, 7) is 4.36. The van der Waals surface area contributed by atoms with E-state index in [9.17, 15) is 4.39 Å². The summed E-state index contributed by atoms with van der Waals surface area (Å²) >= 11 is 0. The Morgan fingerprint density at radius 2 is 1.81 bits per heavy atom. The lowest BCUT2D eigenvalue weighted by molar-refractivity contribution is 0.627. The standard InChI is InChI=1S/C25H29F/c1-3-5-6-7-20-10-12-21(13-11-20)23-16-17-24(25(26)18-23)22-14-8-19(4-2)9-15-22/h8-12,14-18,21H,3-7,13H2,1-2H3. The quantitative estimate of drug-likeness (QED) is 0.452. The molecule has 2 aromatic rings. The summed E-state index contributed by atoms with van der Waals surface area (Å²) in [5, 5.41) is 0. The summed E-state index contributed by atoms with van der Waals surface area (Å²) in [5.74, 6) is 0.161. The van der Waals surface area contributed by atoms with Gasteiger partial charge in [-0.15, -0.1) is 0 Å². The van der Waals surface area contributed by atoms with Crippen LogP contribution in [0.5, 0.6) is 0 Å². The minimum atomic E-state index is -0.127. The molecule has 3 rings (SSSR count). The number of hydrogen-bond donors (Lipinski definition) is 0. The Morgan fingerprint density at radius 3 is 2.42 bits per heavy atom. The summed E-state index contributed by atoms with van der Waals surface area (Å²) in [4.78, 5) is 0. The first-order valence-corrected chi connectivity index (χ1v) is 9.97. The summed E-state index contributed by atoms with van der Waals surface area (Å²) in [6, 6.07) is 13.9. The third kappa shape index (κ3) is 4.52. The molecule has 2 aromatic carbocycles. The van der Waals surface area contributed by atoms with E-state index in [1.165, 1.54) is 30.4 Å². The molecule has 1 aliphatic carbocycles. The van der Waals surface area contributed by atoms with Crippen LogP contribution in [0.2, 0.25) is 0 Å². The Morgan fingerprint density at radius 1 is 1.00 bits per heavy atom. The summed E-state index contributed by atoms with van der Waals surface area (Å²) in [7, 11) is 0. The van der Waals surface area contributed by atoms with E-state index in [0.29, 0.717) is 5.56 Å². The average Bonchev–Trinajstić information content (AvgIpc) is 2.69. The number of rotatable bonds is 7. The summed E-state index contributed by atoms with van der Waals surface area (Å²) in [6.07, 6.45) is 13.8. The van der Waals surface area contributed by atoms with E-state index >= 15 is 0 Å². The van der Waals surface area contributed by atoms with Crippen molar-refractivity contribution in [1.82, 2.24) is 0 Å². The van der Waals surface area contributed by atoms with Crippen LogP contribution in [0.3, 0.4) is 0 Å². The second kappa shape index (κ2) is 8.98. The van der Waals surface area contributed by atoms with Gasteiger partial charge in [0, 0.05) is 11.5 Å². The van der Waals surface area contributed by atoms with Gasteiger partial charge in [0.15, 0.2) is 0 Å². The maximum absolute atomic E-state index is 14.7. The summed E-state index contributed by atoms with van der Waals surface area (Å²) in [5.41, 5.74) is 5.41. The molecule has 0 saturated carbocycles. The van der Waals surface area contributed by atoms with E-state index in [1.54, 1.807) is 6.07 Å². The Hall–Kier alpha value is -2.15. The van der Waals surface area contributed by atoms with Crippen LogP contribution in [0.15, 0.2) is 66.3 Å². The second-order valence-corrected chi connectivity index (χ2v) is 7.23. The van der Waals surface area contributed by atoms with Crippen molar-refractivity contribution in [1.29, 1.82) is 0 Å². The van der Waals surface area contributed by atoms with Gasteiger partial charge in [-0.05, 0) is 48.4 Å². The first-order chi connectivity index (χ1) is 12.7. The number of aryl methyl sites for hydroxylation is 1. The highest BCUT2D eigenvalue weighted by Crippen LogP contribution is 2.32. The van der Waals surface area contributed by atoms with Gasteiger partial charge in [-0.1, -0.05) is 86.9 Å². The molecule has 0 saturated heterocycles. The minimum Gasteiger partial charge on any atom is -0.206 e. The van der Waals surface area contributed by atoms with Gasteiger partial charge in [0.1, 0.15) is 5.82 Å². The molecule has 1 aliphatic rings. The van der Waals surface area contributed by atoms with Gasteiger partial charge in [-0.3, -0.25) is 0 Å². The molecule has 0 bridgehead atoms. The molecule has 1 atom stereocenters. The fourth-order valence-corrected chi connectivity index (χ4v) is 3.59. The predicted molar refractivity (Wildman–Crippen MR) is 110 cm³/mol. The predicted octanol–water partition coefficient (Wildman–Crippen LogP) is 7.61. The van der Waals surface area contributed by atoms with Gasteiger partial charge in [-0.2, -0.15) is 0 Å². The number of halogens is 1. The minimum absolute atomic E-state index is 0.127. The van der Waals surface area contributed by atoms with Crippen LogP contribution in [-0.4, -0.2) is 0 Å². The number of allylic oxidation sites excluding steroid dienone is 4. The maximum Gasteiger partial charge on any atom is 0.131 e. The SMILES string of the molecule is CCCCCC1=CCC(c2ccc(-c3ccc(CC)cc3)c(F)c2)C=C1. The monoisotopic (exact) mass is 348 g/mol. The Kier molecular flexibility index (Phi) is 6.44. The number of unbranched alkanes of at least 4 members (excludes halogenated alkanes) is 2. The van der Waals surface area contributed by atoms with Crippen molar-refractivity contribution in [2.75, 3.05) is 0 Å². The first kappa shape index (κ1) is 18.6. The van der Waals surface area contributed by atoms with Crippen LogP contribution in [-0.2, 0) is 6.42 Å². The van der Waals surface area contributed by atoms with Gasteiger partial charge in [0.05, 0.1) is 0 Å². The van der Waals surface area contributed by atoms with Crippen LogP contribution >= 0.6 is 0 Å². The summed E-state index contributed by atoms with van der Waals surface area (Å²) < 4.78 is 14.7. The molecular formula is C25H29F. The van der Waals surface area contributed by atoms with Crippen LogP contribution in [0.25, 0.3) is 11.1 Å². The zero-order valence-corrected chi connectivity index (χ0v) is 16.0. The molecule has 0 heterocycles. The van der Waals surface area contributed by atoms with Crippen LogP contribution in [0.4, 0.5) is 4.39 Å². The molecule has 0 aromatic heterocycles. The van der Waals surface area contributed by atoms with Gasteiger partial charge in [0.2, 0.25) is 0 Å². The molecule has 0 aliphatic heterocycles. The van der Waals surface area contributed by atoms with Crippen molar-refractivity contribution in [2.24, 2.45) is 0 Å². The first-order valence-electron chi connectivity index (χ1n) is 9.97. The third-order valence-corrected chi connectivity index (χ3v) is 5.34. The van der Waals surface area contributed by atoms with Crippen molar-refractivity contribution < 1.29 is 4.39 Å². The molecule has 0 amide bonds. The maximum atomic E-state index is 14.7. The van der Waals surface area contributed by atoms with E-state index < -0.39 is 0 Å². The Balaban J connectivity index is 1.69. The molecule has 1 unspecified atom stereocenters. The van der Waals surface area contributed by atoms with Crippen LogP contribution < -0.4 is 0 Å². The highest BCUT2D eigenvalue weighted by molar-refractivity contribution is 5.65. The molecule has 0 fully saturated rings. The molecule has 26 heavy (non-hydrogen) atoms. The van der Waals surface area contributed by atoms with E-state index in [1.807, 2.05) is 18.2 Å². The normalized spacial score (nSPS) is 16.6. The van der Waals surface area contributed by atoms with E-state index in [4.69, 9.17) is 0 Å². The molecular weight excluding hydrogens is 319 g/mol. The fraction of sp³-hybridized carbons (Fsp3) is 0.360. The fourth-order valence-electron chi connectivity index (χ4n) is 3.59. The molecule has 1 heteroatoms. The lowest BCUT2D eigenvalue weighted by Gasteiger charge is -2.17. The Bertz CT molecular complexity index is 780. The zero-order chi connectivity index (χ0) is 18.4. The molecule has 136 valence electrons. The lowest BCUT2D eigenvalue weighted by atomic mass is 9.88. The van der Waals surface area contributed by atoms with Crippen molar-refractivity contribution >= 4 is 0 Å². The van der Waals surface area contributed by atoms with Gasteiger partial charge < -0.3 is 0 Å². The van der Waals surface area contributed by atoms with E-state index in [0.717, 1.165) is 30.4 Å². The number of benzene rings is 2. The smallest absolute Gasteiger partial charge is 0.131 e. The van der Waals surface area contributed by atoms with Gasteiger partial charge in [0.25, 0.3) is 0 Å². The van der Waals surface area contributed by atoms with Gasteiger partial charge >= 0.3 is 0 Å². The second-order valence-electron chi connectivity index (χ2n) is 7.23. The van der Waals surface area contributed by atoms with Crippen LogP contribution in [0, 0.1) is 5.82 Å². The van der Waals surface area contributed by atoms with Crippen molar-refractivity contribution in [3.05, 3.63) is 83.2 Å². The molecule has 0 spiro atoms. The third-order valence-electron chi connectivity index (χ3n) is 5.34. The van der Waals surface area contributed by atoms with Crippen molar-refractivity contribution in [2.45, 2.75) is 58.3 Å². The molecule has 0 N–H and O–H groups in total.